The average Bonchev–Trinajstić information content (AvgIpc) is 1.85. The summed E-state index contributed by atoms with van der Waals surface area (Å²) in [6.45, 7) is 5.05. The molecule has 0 bridgehead atoms. The predicted molar refractivity (Wildman–Crippen MR) is 49.7 cm³/mol. The molecule has 12 heavy (non-hydrogen) atoms. The van der Waals surface area contributed by atoms with E-state index in [1.807, 2.05) is 0 Å². The number of halogens is 1. The van der Waals surface area contributed by atoms with E-state index >= 15 is 0 Å². The monoisotopic (exact) mass is 193 g/mol. The summed E-state index contributed by atoms with van der Waals surface area (Å²) in [6, 6.07) is -0.334. The van der Waals surface area contributed by atoms with Crippen molar-refractivity contribution in [1.82, 2.24) is 5.32 Å². The average molecular weight is 194 g/mol. The Kier molecular flexibility index (Phi) is 4.00. The molecule has 72 valence electrons. The highest BCUT2D eigenvalue weighted by Crippen LogP contribution is 2.29. The van der Waals surface area contributed by atoms with Crippen molar-refractivity contribution < 1.29 is 9.90 Å². The summed E-state index contributed by atoms with van der Waals surface area (Å²) in [5, 5.41) is 11.7. The van der Waals surface area contributed by atoms with Crippen molar-refractivity contribution >= 4 is 18.4 Å². The molecule has 0 aromatic heterocycles. The molecule has 0 unspecified atom stereocenters. The number of hydrogen-bond acceptors (Lipinski definition) is 2. The number of hydrogen-bond donors (Lipinski definition) is 2. The Morgan fingerprint density at radius 2 is 2.17 bits per heavy atom. The number of carboxylic acids is 1. The van der Waals surface area contributed by atoms with E-state index in [2.05, 4.69) is 19.2 Å². The highest BCUT2D eigenvalue weighted by atomic mass is 35.5. The van der Waals surface area contributed by atoms with Crippen molar-refractivity contribution in [2.45, 2.75) is 32.7 Å². The van der Waals surface area contributed by atoms with E-state index in [0.717, 1.165) is 19.4 Å². The lowest BCUT2D eigenvalue weighted by atomic mass is 9.80. The second-order valence-electron chi connectivity index (χ2n) is 3.96. The molecular weight excluding hydrogens is 178 g/mol. The lowest BCUT2D eigenvalue weighted by Crippen LogP contribution is -2.46. The number of nitrogens with one attached hydrogen (secondary N) is 1. The molecule has 1 aliphatic rings. The first-order valence-corrected chi connectivity index (χ1v) is 3.97. The van der Waals surface area contributed by atoms with Crippen LogP contribution in [-0.2, 0) is 4.79 Å². The Hall–Kier alpha value is -0.280. The van der Waals surface area contributed by atoms with Crippen LogP contribution in [0.3, 0.4) is 0 Å². The zero-order valence-corrected chi connectivity index (χ0v) is 8.28. The standard InChI is InChI=1S/C8H15NO2.ClH/c1-8(2)3-4-9-6(5-8)7(10)11;/h6,9H,3-5H2,1-2H3,(H,10,11);1H/t6-;/m0./s1. The largest absolute Gasteiger partial charge is 0.480 e. The van der Waals surface area contributed by atoms with Crippen LogP contribution in [0.1, 0.15) is 26.7 Å². The number of carbonyl (C=O) groups is 1. The normalized spacial score (nSPS) is 27.3. The van der Waals surface area contributed by atoms with Gasteiger partial charge in [-0.15, -0.1) is 12.4 Å². The van der Waals surface area contributed by atoms with Crippen molar-refractivity contribution in [3.8, 4) is 0 Å². The van der Waals surface area contributed by atoms with Crippen molar-refractivity contribution in [1.29, 1.82) is 0 Å². The predicted octanol–water partition coefficient (Wildman–Crippen LogP) is 1.27. The molecule has 1 fully saturated rings. The Morgan fingerprint density at radius 3 is 2.50 bits per heavy atom. The summed E-state index contributed by atoms with van der Waals surface area (Å²) >= 11 is 0. The minimum Gasteiger partial charge on any atom is -0.480 e. The van der Waals surface area contributed by atoms with Gasteiger partial charge in [-0.2, -0.15) is 0 Å². The molecule has 3 nitrogen and oxygen atoms in total. The zero-order valence-electron chi connectivity index (χ0n) is 7.46. The second kappa shape index (κ2) is 4.10. The third-order valence-electron chi connectivity index (χ3n) is 2.25. The summed E-state index contributed by atoms with van der Waals surface area (Å²) in [7, 11) is 0. The third kappa shape index (κ3) is 2.99. The molecule has 1 heterocycles. The SMILES string of the molecule is CC1(C)CCN[C@H](C(=O)O)C1.Cl. The van der Waals surface area contributed by atoms with Gasteiger partial charge in [-0.1, -0.05) is 13.8 Å². The maximum absolute atomic E-state index is 10.6. The number of carboxylic acid groups (broad SMARTS) is 1. The van der Waals surface area contributed by atoms with Gasteiger partial charge in [0.25, 0.3) is 0 Å². The zero-order chi connectivity index (χ0) is 8.48. The van der Waals surface area contributed by atoms with Crippen LogP contribution in [0.5, 0.6) is 0 Å². The van der Waals surface area contributed by atoms with Gasteiger partial charge in [-0.05, 0) is 24.8 Å². The highest BCUT2D eigenvalue weighted by Gasteiger charge is 2.31. The van der Waals surface area contributed by atoms with Crippen molar-refractivity contribution in [2.75, 3.05) is 6.54 Å². The maximum atomic E-state index is 10.6. The Balaban J connectivity index is 0.00000121. The smallest absolute Gasteiger partial charge is 0.320 e. The van der Waals surface area contributed by atoms with Gasteiger partial charge in [0.1, 0.15) is 6.04 Å². The molecule has 0 aliphatic carbocycles. The van der Waals surface area contributed by atoms with Crippen molar-refractivity contribution in [3.63, 3.8) is 0 Å². The van der Waals surface area contributed by atoms with E-state index < -0.39 is 5.97 Å². The van der Waals surface area contributed by atoms with Crippen LogP contribution in [-0.4, -0.2) is 23.7 Å². The van der Waals surface area contributed by atoms with E-state index in [1.165, 1.54) is 0 Å². The van der Waals surface area contributed by atoms with Crippen LogP contribution in [0.4, 0.5) is 0 Å². The molecule has 0 saturated carbocycles. The third-order valence-corrected chi connectivity index (χ3v) is 2.25. The molecule has 2 N–H and O–H groups in total. The Labute approximate surface area is 78.9 Å². The van der Waals surface area contributed by atoms with E-state index in [0.29, 0.717) is 0 Å². The van der Waals surface area contributed by atoms with Crippen LogP contribution in [0.25, 0.3) is 0 Å². The molecular formula is C8H16ClNO2. The number of piperidine rings is 1. The maximum Gasteiger partial charge on any atom is 0.320 e. The van der Waals surface area contributed by atoms with Gasteiger partial charge in [0, 0.05) is 0 Å². The molecule has 0 aromatic rings. The summed E-state index contributed by atoms with van der Waals surface area (Å²) < 4.78 is 0. The molecule has 0 spiro atoms. The first-order valence-electron chi connectivity index (χ1n) is 3.97. The fourth-order valence-corrected chi connectivity index (χ4v) is 1.49. The summed E-state index contributed by atoms with van der Waals surface area (Å²) in [6.07, 6.45) is 1.80. The lowest BCUT2D eigenvalue weighted by molar-refractivity contribution is -0.141. The van der Waals surface area contributed by atoms with E-state index in [9.17, 15) is 4.79 Å². The van der Waals surface area contributed by atoms with Crippen molar-refractivity contribution in [3.05, 3.63) is 0 Å². The number of aliphatic carboxylic acids is 1. The van der Waals surface area contributed by atoms with Crippen molar-refractivity contribution in [2.24, 2.45) is 5.41 Å². The fraction of sp³-hybridized carbons (Fsp3) is 0.875. The van der Waals surface area contributed by atoms with E-state index in [-0.39, 0.29) is 23.9 Å². The number of rotatable bonds is 1. The fourth-order valence-electron chi connectivity index (χ4n) is 1.49. The van der Waals surface area contributed by atoms with E-state index in [4.69, 9.17) is 5.11 Å². The highest BCUT2D eigenvalue weighted by molar-refractivity contribution is 5.85. The molecule has 1 aliphatic heterocycles. The molecule has 4 heteroatoms. The molecule has 0 aromatic carbocycles. The minimum absolute atomic E-state index is 0. The van der Waals surface area contributed by atoms with Crippen LogP contribution < -0.4 is 5.32 Å². The molecule has 0 amide bonds. The molecule has 1 rings (SSSR count). The summed E-state index contributed by atoms with van der Waals surface area (Å²) in [5.41, 5.74) is 0.189. The minimum atomic E-state index is -0.724. The quantitative estimate of drug-likeness (QED) is 0.660. The van der Waals surface area contributed by atoms with Gasteiger partial charge in [0.05, 0.1) is 0 Å². The van der Waals surface area contributed by atoms with Crippen LogP contribution in [0, 0.1) is 5.41 Å². The molecule has 1 atom stereocenters. The van der Waals surface area contributed by atoms with Crippen LogP contribution in [0.15, 0.2) is 0 Å². The van der Waals surface area contributed by atoms with Gasteiger partial charge in [-0.3, -0.25) is 4.79 Å². The molecule has 0 radical (unpaired) electrons. The van der Waals surface area contributed by atoms with Gasteiger partial charge < -0.3 is 10.4 Å². The van der Waals surface area contributed by atoms with E-state index in [1.54, 1.807) is 0 Å². The summed E-state index contributed by atoms with van der Waals surface area (Å²) in [4.78, 5) is 10.6. The lowest BCUT2D eigenvalue weighted by Gasteiger charge is -2.33. The van der Waals surface area contributed by atoms with Gasteiger partial charge in [0.15, 0.2) is 0 Å². The van der Waals surface area contributed by atoms with Crippen LogP contribution in [0.2, 0.25) is 0 Å². The first-order chi connectivity index (χ1) is 5.01. The Morgan fingerprint density at radius 1 is 1.58 bits per heavy atom. The van der Waals surface area contributed by atoms with Gasteiger partial charge >= 0.3 is 5.97 Å². The Bertz CT molecular complexity index is 170. The van der Waals surface area contributed by atoms with Gasteiger partial charge in [0.2, 0.25) is 0 Å². The first kappa shape index (κ1) is 11.7. The summed E-state index contributed by atoms with van der Waals surface area (Å²) in [5.74, 6) is -0.724. The van der Waals surface area contributed by atoms with Crippen LogP contribution >= 0.6 is 12.4 Å². The second-order valence-corrected chi connectivity index (χ2v) is 3.96. The topological polar surface area (TPSA) is 49.3 Å². The van der Waals surface area contributed by atoms with Gasteiger partial charge in [-0.25, -0.2) is 0 Å². The molecule has 1 saturated heterocycles.